The standard InChI is InChI=1S/C13H12N4O4/c18-5-6-20-11(19)7-17-13(14-15-16-17)12-10-4-2-1-3-9(10)8-21-12/h1-4,8,18H,5-7H2. The normalized spacial score (nSPS) is 10.9. The summed E-state index contributed by atoms with van der Waals surface area (Å²) in [6, 6.07) is 7.57. The first kappa shape index (κ1) is 13.3. The monoisotopic (exact) mass is 288 g/mol. The molecule has 0 unspecified atom stereocenters. The Morgan fingerprint density at radius 3 is 3.10 bits per heavy atom. The molecule has 0 fully saturated rings. The maximum absolute atomic E-state index is 11.6. The van der Waals surface area contributed by atoms with Gasteiger partial charge in [-0.25, -0.2) is 4.68 Å². The summed E-state index contributed by atoms with van der Waals surface area (Å²) in [5.74, 6) is 0.302. The molecule has 8 heteroatoms. The topological polar surface area (TPSA) is 103 Å². The van der Waals surface area contributed by atoms with Crippen LogP contribution in [-0.2, 0) is 16.1 Å². The average Bonchev–Trinajstić information content (AvgIpc) is 3.11. The second kappa shape index (κ2) is 5.71. The van der Waals surface area contributed by atoms with Crippen LogP contribution >= 0.6 is 0 Å². The van der Waals surface area contributed by atoms with Crippen molar-refractivity contribution in [1.82, 2.24) is 20.2 Å². The Balaban J connectivity index is 1.90. The van der Waals surface area contributed by atoms with Crippen molar-refractivity contribution < 1.29 is 19.1 Å². The van der Waals surface area contributed by atoms with Gasteiger partial charge in [0.2, 0.25) is 5.82 Å². The molecular formula is C13H12N4O4. The maximum atomic E-state index is 11.6. The minimum Gasteiger partial charge on any atom is -0.462 e. The molecule has 0 spiro atoms. The molecule has 0 radical (unpaired) electrons. The molecule has 0 atom stereocenters. The van der Waals surface area contributed by atoms with Gasteiger partial charge in [-0.2, -0.15) is 0 Å². The van der Waals surface area contributed by atoms with Crippen molar-refractivity contribution >= 4 is 16.7 Å². The Morgan fingerprint density at radius 2 is 2.24 bits per heavy atom. The second-order valence-corrected chi connectivity index (χ2v) is 4.26. The van der Waals surface area contributed by atoms with Crippen LogP contribution in [0.15, 0.2) is 34.9 Å². The molecule has 0 amide bonds. The van der Waals surface area contributed by atoms with Gasteiger partial charge >= 0.3 is 5.97 Å². The Morgan fingerprint density at radius 1 is 1.38 bits per heavy atom. The van der Waals surface area contributed by atoms with Crippen LogP contribution in [0.1, 0.15) is 0 Å². The Bertz CT molecular complexity index is 764. The van der Waals surface area contributed by atoms with Crippen molar-refractivity contribution in [3.05, 3.63) is 30.5 Å². The molecule has 108 valence electrons. The lowest BCUT2D eigenvalue weighted by molar-refractivity contribution is -0.145. The first-order valence-electron chi connectivity index (χ1n) is 6.29. The number of rotatable bonds is 5. The van der Waals surface area contributed by atoms with Crippen LogP contribution < -0.4 is 0 Å². The number of hydrogen-bond donors (Lipinski definition) is 1. The third kappa shape index (κ3) is 2.61. The molecule has 2 aromatic heterocycles. The highest BCUT2D eigenvalue weighted by atomic mass is 16.5. The number of esters is 1. The number of furan rings is 1. The summed E-state index contributed by atoms with van der Waals surface area (Å²) in [6.45, 7) is -0.436. The predicted molar refractivity (Wildman–Crippen MR) is 71.1 cm³/mol. The van der Waals surface area contributed by atoms with E-state index in [2.05, 4.69) is 15.5 Å². The number of tetrazole rings is 1. The number of carbonyl (C=O) groups excluding carboxylic acids is 1. The van der Waals surface area contributed by atoms with Gasteiger partial charge in [0.15, 0.2) is 5.76 Å². The van der Waals surface area contributed by atoms with Crippen molar-refractivity contribution in [2.45, 2.75) is 6.54 Å². The van der Waals surface area contributed by atoms with Crippen LogP contribution in [0.25, 0.3) is 22.4 Å². The lowest BCUT2D eigenvalue weighted by Gasteiger charge is -2.03. The van der Waals surface area contributed by atoms with E-state index in [1.165, 1.54) is 4.68 Å². The van der Waals surface area contributed by atoms with Gasteiger partial charge in [-0.15, -0.1) is 5.10 Å². The minimum absolute atomic E-state index is 0.0556. The molecule has 0 aliphatic carbocycles. The molecular weight excluding hydrogens is 276 g/mol. The SMILES string of the molecule is O=C(Cn1nnnc1-c1occ2ccccc12)OCCO. The van der Waals surface area contributed by atoms with Crippen molar-refractivity contribution in [2.24, 2.45) is 0 Å². The second-order valence-electron chi connectivity index (χ2n) is 4.26. The highest BCUT2D eigenvalue weighted by molar-refractivity contribution is 5.92. The van der Waals surface area contributed by atoms with Gasteiger partial charge in [0, 0.05) is 10.8 Å². The largest absolute Gasteiger partial charge is 0.462 e. The maximum Gasteiger partial charge on any atom is 0.328 e. The van der Waals surface area contributed by atoms with Crippen molar-refractivity contribution in [3.8, 4) is 11.6 Å². The number of carbonyl (C=O) groups is 1. The van der Waals surface area contributed by atoms with Gasteiger partial charge in [-0.1, -0.05) is 24.3 Å². The molecule has 0 saturated heterocycles. The number of fused-ring (bicyclic) bond motifs is 1. The zero-order chi connectivity index (χ0) is 14.7. The van der Waals surface area contributed by atoms with Gasteiger partial charge in [0.1, 0.15) is 13.2 Å². The molecule has 8 nitrogen and oxygen atoms in total. The lowest BCUT2D eigenvalue weighted by Crippen LogP contribution is -2.17. The third-order valence-corrected chi connectivity index (χ3v) is 2.88. The third-order valence-electron chi connectivity index (χ3n) is 2.88. The number of aliphatic hydroxyl groups excluding tert-OH is 1. The first-order valence-corrected chi connectivity index (χ1v) is 6.29. The van der Waals surface area contributed by atoms with E-state index in [1.807, 2.05) is 24.3 Å². The van der Waals surface area contributed by atoms with E-state index in [4.69, 9.17) is 14.3 Å². The van der Waals surface area contributed by atoms with Crippen LogP contribution in [0.5, 0.6) is 0 Å². The summed E-state index contributed by atoms with van der Waals surface area (Å²) >= 11 is 0. The van der Waals surface area contributed by atoms with Crippen molar-refractivity contribution in [3.63, 3.8) is 0 Å². The number of aromatic nitrogens is 4. The number of benzene rings is 1. The molecule has 1 N–H and O–H groups in total. The number of aliphatic hydroxyl groups is 1. The van der Waals surface area contributed by atoms with Crippen LogP contribution in [-0.4, -0.2) is 44.5 Å². The minimum atomic E-state index is -0.534. The number of ether oxygens (including phenoxy) is 1. The first-order chi connectivity index (χ1) is 10.3. The van der Waals surface area contributed by atoms with E-state index in [-0.39, 0.29) is 19.8 Å². The molecule has 2 heterocycles. The summed E-state index contributed by atoms with van der Waals surface area (Å²) in [6.07, 6.45) is 1.60. The molecule has 3 aromatic rings. The molecule has 0 aliphatic heterocycles. The fourth-order valence-electron chi connectivity index (χ4n) is 1.97. The summed E-state index contributed by atoms with van der Waals surface area (Å²) in [5, 5.41) is 21.6. The van der Waals surface area contributed by atoms with Crippen LogP contribution in [0.2, 0.25) is 0 Å². The summed E-state index contributed by atoms with van der Waals surface area (Å²) in [5.41, 5.74) is 0. The van der Waals surface area contributed by atoms with E-state index < -0.39 is 5.97 Å². The van der Waals surface area contributed by atoms with Gasteiger partial charge in [0.05, 0.1) is 12.9 Å². The van der Waals surface area contributed by atoms with Gasteiger partial charge in [-0.3, -0.25) is 4.79 Å². The summed E-state index contributed by atoms with van der Waals surface area (Å²) in [7, 11) is 0. The van der Waals surface area contributed by atoms with Crippen molar-refractivity contribution in [2.75, 3.05) is 13.2 Å². The van der Waals surface area contributed by atoms with E-state index >= 15 is 0 Å². The Kier molecular flexibility index (Phi) is 3.61. The van der Waals surface area contributed by atoms with Crippen molar-refractivity contribution in [1.29, 1.82) is 0 Å². The lowest BCUT2D eigenvalue weighted by atomic mass is 10.2. The molecule has 0 bridgehead atoms. The van der Waals surface area contributed by atoms with E-state index in [1.54, 1.807) is 6.26 Å². The van der Waals surface area contributed by atoms with E-state index in [0.717, 1.165) is 10.8 Å². The van der Waals surface area contributed by atoms with Crippen LogP contribution in [0, 0.1) is 0 Å². The Labute approximate surface area is 118 Å². The molecule has 1 aromatic carbocycles. The van der Waals surface area contributed by atoms with Gasteiger partial charge in [-0.05, 0) is 10.4 Å². The Hall–Kier alpha value is -2.74. The molecule has 0 aliphatic rings. The predicted octanol–water partition coefficient (Wildman–Crippen LogP) is 0.622. The van der Waals surface area contributed by atoms with Gasteiger partial charge in [0.25, 0.3) is 0 Å². The molecule has 21 heavy (non-hydrogen) atoms. The fourth-order valence-corrected chi connectivity index (χ4v) is 1.97. The van der Waals surface area contributed by atoms with Gasteiger partial charge < -0.3 is 14.3 Å². The molecule has 3 rings (SSSR count). The van der Waals surface area contributed by atoms with Crippen LogP contribution in [0.4, 0.5) is 0 Å². The quantitative estimate of drug-likeness (QED) is 0.686. The molecule has 0 saturated carbocycles. The summed E-state index contributed by atoms with van der Waals surface area (Å²) in [4.78, 5) is 11.6. The highest BCUT2D eigenvalue weighted by Gasteiger charge is 2.18. The van der Waals surface area contributed by atoms with Crippen LogP contribution in [0.3, 0.4) is 0 Å². The number of nitrogens with zero attached hydrogens (tertiary/aromatic N) is 4. The zero-order valence-corrected chi connectivity index (χ0v) is 11.0. The smallest absolute Gasteiger partial charge is 0.328 e. The van der Waals surface area contributed by atoms with E-state index in [0.29, 0.717) is 11.6 Å². The van der Waals surface area contributed by atoms with E-state index in [9.17, 15) is 4.79 Å². The highest BCUT2D eigenvalue weighted by Crippen LogP contribution is 2.28. The summed E-state index contributed by atoms with van der Waals surface area (Å²) < 4.78 is 11.6. The average molecular weight is 288 g/mol. The zero-order valence-electron chi connectivity index (χ0n) is 11.0. The number of hydrogen-bond acceptors (Lipinski definition) is 7. The fraction of sp³-hybridized carbons (Fsp3) is 0.231.